The first-order valence-electron chi connectivity index (χ1n) is 6.79. The fourth-order valence-electron chi connectivity index (χ4n) is 2.44. The molecule has 23 heavy (non-hydrogen) atoms. The molecule has 8 heteroatoms. The van der Waals surface area contributed by atoms with Gasteiger partial charge in [-0.2, -0.15) is 0 Å². The number of anilines is 3. The molecular formula is C15H14FN5O2. The van der Waals surface area contributed by atoms with E-state index >= 15 is 0 Å². The Morgan fingerprint density at radius 2 is 2.09 bits per heavy atom. The van der Waals surface area contributed by atoms with Gasteiger partial charge in [0.25, 0.3) is 11.1 Å². The zero-order chi connectivity index (χ0) is 16.7. The minimum atomic E-state index is -0.585. The van der Waals surface area contributed by atoms with Crippen LogP contribution in [0.1, 0.15) is 5.56 Å². The Kier molecular flexibility index (Phi) is 3.36. The molecule has 0 saturated heterocycles. The Morgan fingerprint density at radius 3 is 2.78 bits per heavy atom. The van der Waals surface area contributed by atoms with E-state index in [0.29, 0.717) is 0 Å². The minimum absolute atomic E-state index is 0.111. The number of rotatable bonds is 2. The normalized spacial score (nSPS) is 10.9. The fraction of sp³-hybridized carbons (Fsp3) is 0.133. The average molecular weight is 315 g/mol. The van der Waals surface area contributed by atoms with Crippen molar-refractivity contribution in [2.75, 3.05) is 11.1 Å². The van der Waals surface area contributed by atoms with Crippen LogP contribution in [0.3, 0.4) is 0 Å². The maximum atomic E-state index is 14.0. The smallest absolute Gasteiger partial charge is 0.262 e. The largest absolute Gasteiger partial charge is 0.399 e. The van der Waals surface area contributed by atoms with Crippen molar-refractivity contribution in [3.05, 3.63) is 56.6 Å². The quantitative estimate of drug-likeness (QED) is 0.620. The van der Waals surface area contributed by atoms with Crippen LogP contribution < -0.4 is 22.2 Å². The highest BCUT2D eigenvalue weighted by Crippen LogP contribution is 2.26. The number of benzene rings is 1. The lowest BCUT2D eigenvalue weighted by atomic mass is 10.1. The lowest BCUT2D eigenvalue weighted by Crippen LogP contribution is -2.25. The second-order valence-corrected chi connectivity index (χ2v) is 5.16. The van der Waals surface area contributed by atoms with Crippen LogP contribution in [0.2, 0.25) is 0 Å². The van der Waals surface area contributed by atoms with Gasteiger partial charge in [0.2, 0.25) is 0 Å². The SMILES string of the molecule is Cc1c(Nc2ccc(N)cc2F)c2c(=O)[nH]cnc2n(C)c1=O. The third-order valence-corrected chi connectivity index (χ3v) is 3.65. The predicted molar refractivity (Wildman–Crippen MR) is 86.4 cm³/mol. The summed E-state index contributed by atoms with van der Waals surface area (Å²) in [5, 5.41) is 3.00. The summed E-state index contributed by atoms with van der Waals surface area (Å²) in [6, 6.07) is 4.12. The molecule has 2 heterocycles. The number of nitrogens with one attached hydrogen (secondary N) is 2. The summed E-state index contributed by atoms with van der Waals surface area (Å²) in [4.78, 5) is 31.0. The van der Waals surface area contributed by atoms with Gasteiger partial charge >= 0.3 is 0 Å². The van der Waals surface area contributed by atoms with E-state index in [9.17, 15) is 14.0 Å². The van der Waals surface area contributed by atoms with Gasteiger partial charge in [0.15, 0.2) is 5.65 Å². The van der Waals surface area contributed by atoms with Crippen LogP contribution in [-0.2, 0) is 7.05 Å². The predicted octanol–water partition coefficient (Wildman–Crippen LogP) is 1.40. The van der Waals surface area contributed by atoms with Crippen LogP contribution in [0.15, 0.2) is 34.1 Å². The Balaban J connectivity index is 2.33. The van der Waals surface area contributed by atoms with Crippen LogP contribution in [0.4, 0.5) is 21.5 Å². The number of nitrogens with two attached hydrogens (primary N) is 1. The summed E-state index contributed by atoms with van der Waals surface area (Å²) < 4.78 is 15.3. The van der Waals surface area contributed by atoms with E-state index in [2.05, 4.69) is 15.3 Å². The molecule has 0 aliphatic carbocycles. The number of aryl methyl sites for hydroxylation is 1. The second kappa shape index (κ2) is 5.24. The molecule has 0 atom stereocenters. The number of aromatic amines is 1. The average Bonchev–Trinajstić information content (AvgIpc) is 2.51. The summed E-state index contributed by atoms with van der Waals surface area (Å²) in [5.41, 5.74) is 5.88. The molecule has 0 aliphatic heterocycles. The number of H-pyrrole nitrogens is 1. The number of hydrogen-bond acceptors (Lipinski definition) is 5. The maximum Gasteiger partial charge on any atom is 0.262 e. The van der Waals surface area contributed by atoms with Crippen LogP contribution in [0, 0.1) is 12.7 Å². The van der Waals surface area contributed by atoms with E-state index in [-0.39, 0.29) is 39.2 Å². The summed E-state index contributed by atoms with van der Waals surface area (Å²) >= 11 is 0. The van der Waals surface area contributed by atoms with Crippen molar-refractivity contribution in [1.29, 1.82) is 0 Å². The molecular weight excluding hydrogens is 301 g/mol. The Labute approximate surface area is 129 Å². The lowest BCUT2D eigenvalue weighted by Gasteiger charge is -2.14. The van der Waals surface area contributed by atoms with Crippen LogP contribution >= 0.6 is 0 Å². The number of aromatic nitrogens is 3. The van der Waals surface area contributed by atoms with E-state index in [1.165, 1.54) is 30.1 Å². The third-order valence-electron chi connectivity index (χ3n) is 3.65. The summed E-state index contributed by atoms with van der Waals surface area (Å²) in [7, 11) is 1.53. The molecule has 118 valence electrons. The van der Waals surface area contributed by atoms with Crippen molar-refractivity contribution in [1.82, 2.24) is 14.5 Å². The van der Waals surface area contributed by atoms with Crippen LogP contribution in [-0.4, -0.2) is 14.5 Å². The van der Waals surface area contributed by atoms with Gasteiger partial charge in [-0.1, -0.05) is 0 Å². The van der Waals surface area contributed by atoms with Gasteiger partial charge in [-0.05, 0) is 25.1 Å². The first kappa shape index (κ1) is 14.8. The van der Waals surface area contributed by atoms with E-state index in [1.807, 2.05) is 0 Å². The van der Waals surface area contributed by atoms with Gasteiger partial charge in [-0.3, -0.25) is 14.2 Å². The lowest BCUT2D eigenvalue weighted by molar-refractivity contribution is 0.632. The van der Waals surface area contributed by atoms with Gasteiger partial charge in [0.05, 0.1) is 17.7 Å². The molecule has 0 spiro atoms. The van der Waals surface area contributed by atoms with Crippen molar-refractivity contribution in [3.63, 3.8) is 0 Å². The molecule has 0 amide bonds. The van der Waals surface area contributed by atoms with Gasteiger partial charge in [0.1, 0.15) is 11.2 Å². The molecule has 0 aliphatic rings. The molecule has 1 aromatic carbocycles. The number of pyridine rings is 1. The Morgan fingerprint density at radius 1 is 1.35 bits per heavy atom. The Bertz CT molecular complexity index is 1040. The molecule has 7 nitrogen and oxygen atoms in total. The van der Waals surface area contributed by atoms with Crippen molar-refractivity contribution >= 4 is 28.1 Å². The van der Waals surface area contributed by atoms with Crippen molar-refractivity contribution in [3.8, 4) is 0 Å². The highest BCUT2D eigenvalue weighted by Gasteiger charge is 2.17. The number of fused-ring (bicyclic) bond motifs is 1. The van der Waals surface area contributed by atoms with Crippen molar-refractivity contribution < 1.29 is 4.39 Å². The highest BCUT2D eigenvalue weighted by atomic mass is 19.1. The second-order valence-electron chi connectivity index (χ2n) is 5.16. The molecule has 0 radical (unpaired) electrons. The zero-order valence-corrected chi connectivity index (χ0v) is 12.5. The van der Waals surface area contributed by atoms with E-state index in [4.69, 9.17) is 5.73 Å². The van der Waals surface area contributed by atoms with Gasteiger partial charge in [-0.25, -0.2) is 9.37 Å². The molecule has 0 fully saturated rings. The van der Waals surface area contributed by atoms with Crippen LogP contribution in [0.25, 0.3) is 11.0 Å². The standard InChI is InChI=1S/C15H14FN5O2/c1-7-12(20-10-4-3-8(17)5-9(10)16)11-13(21(2)15(7)23)18-6-19-14(11)22/h3-6,20H,17H2,1-2H3,(H,18,19,22). The van der Waals surface area contributed by atoms with E-state index in [1.54, 1.807) is 6.92 Å². The fourth-order valence-corrected chi connectivity index (χ4v) is 2.44. The van der Waals surface area contributed by atoms with Crippen molar-refractivity contribution in [2.24, 2.45) is 7.05 Å². The molecule has 4 N–H and O–H groups in total. The first-order valence-corrected chi connectivity index (χ1v) is 6.79. The maximum absolute atomic E-state index is 14.0. The number of nitrogens with zero attached hydrogens (tertiary/aromatic N) is 2. The molecule has 3 aromatic rings. The molecule has 3 rings (SSSR count). The van der Waals surface area contributed by atoms with Crippen molar-refractivity contribution in [2.45, 2.75) is 6.92 Å². The number of nitrogen functional groups attached to an aromatic ring is 1. The minimum Gasteiger partial charge on any atom is -0.399 e. The van der Waals surface area contributed by atoms with E-state index < -0.39 is 11.4 Å². The molecule has 0 unspecified atom stereocenters. The van der Waals surface area contributed by atoms with Crippen LogP contribution in [0.5, 0.6) is 0 Å². The van der Waals surface area contributed by atoms with E-state index in [0.717, 1.165) is 6.07 Å². The molecule has 0 saturated carbocycles. The summed E-state index contributed by atoms with van der Waals surface area (Å²) in [6.45, 7) is 1.56. The van der Waals surface area contributed by atoms with Gasteiger partial charge < -0.3 is 16.0 Å². The van der Waals surface area contributed by atoms with Gasteiger partial charge in [-0.15, -0.1) is 0 Å². The highest BCUT2D eigenvalue weighted by molar-refractivity contribution is 5.92. The topological polar surface area (TPSA) is 106 Å². The zero-order valence-electron chi connectivity index (χ0n) is 12.5. The number of halogens is 1. The molecule has 0 bridgehead atoms. The molecule has 2 aromatic heterocycles. The van der Waals surface area contributed by atoms with Gasteiger partial charge in [0, 0.05) is 18.3 Å². The summed E-state index contributed by atoms with van der Waals surface area (Å²) in [5.74, 6) is -0.585. The number of hydrogen-bond donors (Lipinski definition) is 3. The first-order chi connectivity index (χ1) is 10.9. The third kappa shape index (κ3) is 2.33. The Hall–Kier alpha value is -3.16. The monoisotopic (exact) mass is 315 g/mol. The summed E-state index contributed by atoms with van der Waals surface area (Å²) in [6.07, 6.45) is 1.22.